The molecule has 1 atom stereocenters. The molecular weight excluding hydrogens is 524 g/mol. The van der Waals surface area contributed by atoms with E-state index in [-0.39, 0.29) is 29.5 Å². The maximum Gasteiger partial charge on any atom is 0.340 e. The number of para-hydroxylation sites is 1. The number of imidazole rings is 1. The van der Waals surface area contributed by atoms with Crippen molar-refractivity contribution < 1.29 is 32.1 Å². The van der Waals surface area contributed by atoms with Gasteiger partial charge in [0, 0.05) is 6.20 Å². The maximum atomic E-state index is 13.4. The molecule has 1 aromatic heterocycles. The largest absolute Gasteiger partial charge is 0.462 e. The summed E-state index contributed by atoms with van der Waals surface area (Å²) in [7, 11) is -4.62. The number of carbonyl (C=O) groups is 3. The van der Waals surface area contributed by atoms with Crippen molar-refractivity contribution in [1.82, 2.24) is 9.55 Å². The average Bonchev–Trinajstić information content (AvgIpc) is 3.36. The molecule has 0 saturated carbocycles. The fraction of sp³-hybridized carbons (Fsp3) is 0.333. The highest BCUT2D eigenvalue weighted by Crippen LogP contribution is 2.24. The van der Waals surface area contributed by atoms with Crippen LogP contribution in [0.3, 0.4) is 0 Å². The molecule has 208 valence electrons. The highest BCUT2D eigenvalue weighted by atomic mass is 32.2. The fourth-order valence-corrected chi connectivity index (χ4v) is 4.70. The molecule has 3 N–H and O–H groups in total. The predicted molar refractivity (Wildman–Crippen MR) is 145 cm³/mol. The van der Waals surface area contributed by atoms with Gasteiger partial charge in [0.1, 0.15) is 10.9 Å². The topological polar surface area (TPSA) is 157 Å². The highest BCUT2D eigenvalue weighted by Gasteiger charge is 2.24. The van der Waals surface area contributed by atoms with Crippen LogP contribution in [0.2, 0.25) is 0 Å². The number of esters is 1. The fourth-order valence-electron chi connectivity index (χ4n) is 4.01. The van der Waals surface area contributed by atoms with E-state index in [0.29, 0.717) is 12.1 Å². The van der Waals surface area contributed by atoms with Gasteiger partial charge in [-0.15, -0.1) is 0 Å². The Labute approximate surface area is 227 Å². The van der Waals surface area contributed by atoms with Crippen molar-refractivity contribution >= 4 is 39.4 Å². The van der Waals surface area contributed by atoms with Crippen LogP contribution in [0.15, 0.2) is 66.0 Å². The number of hydrogen-bond donors (Lipinski definition) is 3. The second-order valence-corrected chi connectivity index (χ2v) is 10.1. The van der Waals surface area contributed by atoms with E-state index in [1.54, 1.807) is 35.8 Å². The lowest BCUT2D eigenvalue weighted by atomic mass is 10.1. The SMILES string of the molecule is CCCCCCC(C(=O)Nc1ccccc1C(=O)OCC)n1cnc(NC(=O)c2ccccc2S(=O)(=O)O)c1. The molecular formula is C27H32N4O7S. The van der Waals surface area contributed by atoms with Gasteiger partial charge in [-0.25, -0.2) is 9.78 Å². The van der Waals surface area contributed by atoms with Gasteiger partial charge in [0.15, 0.2) is 5.82 Å². The predicted octanol–water partition coefficient (Wildman–Crippen LogP) is 4.71. The van der Waals surface area contributed by atoms with Crippen molar-refractivity contribution in [2.24, 2.45) is 0 Å². The summed E-state index contributed by atoms with van der Waals surface area (Å²) in [5, 5.41) is 5.33. The minimum absolute atomic E-state index is 0.0865. The average molecular weight is 557 g/mol. The van der Waals surface area contributed by atoms with Crippen LogP contribution in [0.4, 0.5) is 11.5 Å². The van der Waals surface area contributed by atoms with Crippen LogP contribution in [0.1, 0.15) is 72.7 Å². The summed E-state index contributed by atoms with van der Waals surface area (Å²) in [5.41, 5.74) is 0.294. The smallest absolute Gasteiger partial charge is 0.340 e. The zero-order chi connectivity index (χ0) is 28.4. The molecule has 0 radical (unpaired) electrons. The van der Waals surface area contributed by atoms with Crippen molar-refractivity contribution in [3.8, 4) is 0 Å². The first-order valence-electron chi connectivity index (χ1n) is 12.6. The molecule has 0 aliphatic carbocycles. The van der Waals surface area contributed by atoms with Crippen LogP contribution in [-0.2, 0) is 19.6 Å². The van der Waals surface area contributed by atoms with Crippen molar-refractivity contribution in [3.05, 3.63) is 72.2 Å². The molecule has 39 heavy (non-hydrogen) atoms. The third-order valence-electron chi connectivity index (χ3n) is 5.93. The molecule has 11 nitrogen and oxygen atoms in total. The van der Waals surface area contributed by atoms with E-state index in [9.17, 15) is 27.4 Å². The molecule has 3 aromatic rings. The Kier molecular flexibility index (Phi) is 10.4. The first kappa shape index (κ1) is 29.5. The molecule has 0 bridgehead atoms. The van der Waals surface area contributed by atoms with E-state index >= 15 is 0 Å². The van der Waals surface area contributed by atoms with Crippen molar-refractivity contribution in [2.75, 3.05) is 17.2 Å². The van der Waals surface area contributed by atoms with E-state index in [1.807, 2.05) is 0 Å². The number of nitrogens with zero attached hydrogens (tertiary/aromatic N) is 2. The van der Waals surface area contributed by atoms with Gasteiger partial charge >= 0.3 is 5.97 Å². The lowest BCUT2D eigenvalue weighted by Gasteiger charge is -2.19. The Morgan fingerprint density at radius 3 is 2.36 bits per heavy atom. The lowest BCUT2D eigenvalue weighted by Crippen LogP contribution is -2.26. The van der Waals surface area contributed by atoms with Gasteiger partial charge in [0.05, 0.1) is 29.7 Å². The van der Waals surface area contributed by atoms with Crippen LogP contribution in [-0.4, -0.2) is 46.9 Å². The van der Waals surface area contributed by atoms with E-state index < -0.39 is 32.9 Å². The van der Waals surface area contributed by atoms with Gasteiger partial charge in [-0.1, -0.05) is 56.9 Å². The number of unbranched alkanes of at least 4 members (excludes halogenated alkanes) is 3. The van der Waals surface area contributed by atoms with Crippen molar-refractivity contribution in [3.63, 3.8) is 0 Å². The number of aromatic nitrogens is 2. The second kappa shape index (κ2) is 13.7. The summed E-state index contributed by atoms with van der Waals surface area (Å²) in [4.78, 5) is 42.2. The van der Waals surface area contributed by atoms with Crippen LogP contribution in [0, 0.1) is 0 Å². The van der Waals surface area contributed by atoms with E-state index in [4.69, 9.17) is 4.74 Å². The molecule has 0 saturated heterocycles. The number of nitrogens with one attached hydrogen (secondary N) is 2. The number of ether oxygens (including phenoxy) is 1. The Morgan fingerprint density at radius 2 is 1.67 bits per heavy atom. The number of carbonyl (C=O) groups excluding carboxylic acids is 3. The van der Waals surface area contributed by atoms with Gasteiger partial charge in [-0.2, -0.15) is 8.42 Å². The van der Waals surface area contributed by atoms with Crippen molar-refractivity contribution in [2.45, 2.75) is 56.9 Å². The third kappa shape index (κ3) is 7.98. The molecule has 0 aliphatic heterocycles. The summed E-state index contributed by atoms with van der Waals surface area (Å²) < 4.78 is 39.4. The van der Waals surface area contributed by atoms with Gasteiger partial charge in [-0.3, -0.25) is 14.1 Å². The highest BCUT2D eigenvalue weighted by molar-refractivity contribution is 7.86. The summed E-state index contributed by atoms with van der Waals surface area (Å²) in [6.45, 7) is 3.98. The van der Waals surface area contributed by atoms with Crippen LogP contribution >= 0.6 is 0 Å². The van der Waals surface area contributed by atoms with E-state index in [0.717, 1.165) is 31.7 Å². The molecule has 2 aromatic carbocycles. The normalized spacial score (nSPS) is 12.0. The quantitative estimate of drug-likeness (QED) is 0.155. The molecule has 0 spiro atoms. The molecule has 2 amide bonds. The second-order valence-electron chi connectivity index (χ2n) is 8.75. The first-order valence-corrected chi connectivity index (χ1v) is 14.1. The summed E-state index contributed by atoms with van der Waals surface area (Å²) in [6.07, 6.45) is 7.05. The Hall–Kier alpha value is -4.03. The zero-order valence-corrected chi connectivity index (χ0v) is 22.6. The monoisotopic (exact) mass is 556 g/mol. The van der Waals surface area contributed by atoms with E-state index in [2.05, 4.69) is 22.5 Å². The standard InChI is InChI=1S/C27H32N4O7S/c1-3-5-6-7-15-22(26(33)29-21-14-10-8-12-19(21)27(34)38-4-2)31-17-24(28-18-31)30-25(32)20-13-9-11-16-23(20)39(35,36)37/h8-14,16-18,22H,3-7,15H2,1-2H3,(H,29,33)(H,30,32)(H,35,36,37). The van der Waals surface area contributed by atoms with Gasteiger partial charge < -0.3 is 19.9 Å². The molecule has 12 heteroatoms. The van der Waals surface area contributed by atoms with E-state index in [1.165, 1.54) is 30.7 Å². The number of anilines is 2. The Morgan fingerprint density at radius 1 is 0.974 bits per heavy atom. The summed E-state index contributed by atoms with van der Waals surface area (Å²) in [5.74, 6) is -1.63. The van der Waals surface area contributed by atoms with Crippen LogP contribution in [0.25, 0.3) is 0 Å². The number of amides is 2. The van der Waals surface area contributed by atoms with Crippen LogP contribution in [0.5, 0.6) is 0 Å². The number of benzene rings is 2. The van der Waals surface area contributed by atoms with Gasteiger partial charge in [0.25, 0.3) is 16.0 Å². The van der Waals surface area contributed by atoms with Crippen molar-refractivity contribution in [1.29, 1.82) is 0 Å². The molecule has 3 rings (SSSR count). The third-order valence-corrected chi connectivity index (χ3v) is 6.84. The zero-order valence-electron chi connectivity index (χ0n) is 21.8. The number of rotatable bonds is 13. The summed E-state index contributed by atoms with van der Waals surface area (Å²) >= 11 is 0. The Bertz CT molecular complexity index is 1420. The van der Waals surface area contributed by atoms with Gasteiger partial charge in [-0.05, 0) is 37.6 Å². The van der Waals surface area contributed by atoms with Crippen LogP contribution < -0.4 is 10.6 Å². The number of hydrogen-bond acceptors (Lipinski definition) is 7. The minimum atomic E-state index is -4.62. The molecule has 0 aliphatic rings. The first-order chi connectivity index (χ1) is 18.7. The maximum absolute atomic E-state index is 13.4. The minimum Gasteiger partial charge on any atom is -0.462 e. The Balaban J connectivity index is 1.83. The molecule has 0 fully saturated rings. The molecule has 1 heterocycles. The molecule has 1 unspecified atom stereocenters. The lowest BCUT2D eigenvalue weighted by molar-refractivity contribution is -0.119. The van der Waals surface area contributed by atoms with Gasteiger partial charge in [0.2, 0.25) is 5.91 Å². The summed E-state index contributed by atoms with van der Waals surface area (Å²) in [6, 6.07) is 11.1.